The molecule has 2 aromatic heterocycles. The van der Waals surface area contributed by atoms with E-state index in [1.54, 1.807) is 10.9 Å². The van der Waals surface area contributed by atoms with Gasteiger partial charge in [0.15, 0.2) is 5.82 Å². The van der Waals surface area contributed by atoms with Gasteiger partial charge in [0.1, 0.15) is 5.82 Å². The fourth-order valence-corrected chi connectivity index (χ4v) is 3.06. The van der Waals surface area contributed by atoms with Gasteiger partial charge in [-0.2, -0.15) is 10.1 Å². The Bertz CT molecular complexity index is 964. The van der Waals surface area contributed by atoms with E-state index in [0.29, 0.717) is 43.3 Å². The van der Waals surface area contributed by atoms with Gasteiger partial charge in [0, 0.05) is 24.8 Å². The topological polar surface area (TPSA) is 85.8 Å². The van der Waals surface area contributed by atoms with Gasteiger partial charge in [0.05, 0.1) is 12.7 Å². The summed E-state index contributed by atoms with van der Waals surface area (Å²) in [6, 6.07) is 10.3. The quantitative estimate of drug-likeness (QED) is 0.583. The highest BCUT2D eigenvalue weighted by molar-refractivity contribution is 5.89. The van der Waals surface area contributed by atoms with Gasteiger partial charge in [-0.3, -0.25) is 4.79 Å². The molecule has 1 aromatic carbocycles. The van der Waals surface area contributed by atoms with Crippen molar-refractivity contribution >= 4 is 11.7 Å². The normalized spacial score (nSPS) is 11.8. The fourth-order valence-electron chi connectivity index (χ4n) is 3.06. The van der Waals surface area contributed by atoms with Gasteiger partial charge in [-0.05, 0) is 23.0 Å². The van der Waals surface area contributed by atoms with Crippen LogP contribution >= 0.6 is 0 Å². The van der Waals surface area contributed by atoms with Crippen LogP contribution < -0.4 is 5.32 Å². The first-order valence-corrected chi connectivity index (χ1v) is 10.5. The first-order chi connectivity index (χ1) is 14.2. The molecule has 30 heavy (non-hydrogen) atoms. The monoisotopic (exact) mass is 409 g/mol. The van der Waals surface area contributed by atoms with E-state index >= 15 is 0 Å². The average Bonchev–Trinajstić information content (AvgIpc) is 3.31. The molecule has 0 radical (unpaired) electrons. The summed E-state index contributed by atoms with van der Waals surface area (Å²) in [6.07, 6.45) is 3.32. The molecule has 3 aromatic rings. The molecular weight excluding hydrogens is 378 g/mol. The van der Waals surface area contributed by atoms with E-state index in [2.05, 4.69) is 65.6 Å². The lowest BCUT2D eigenvalue weighted by Gasteiger charge is -2.19. The third kappa shape index (κ3) is 5.78. The molecule has 0 aliphatic rings. The van der Waals surface area contributed by atoms with E-state index in [4.69, 9.17) is 4.52 Å². The Morgan fingerprint density at radius 2 is 1.90 bits per heavy atom. The number of anilines is 1. The van der Waals surface area contributed by atoms with E-state index in [1.807, 2.05) is 19.9 Å². The molecule has 0 unspecified atom stereocenters. The van der Waals surface area contributed by atoms with Crippen LogP contribution in [-0.4, -0.2) is 25.8 Å². The van der Waals surface area contributed by atoms with Crippen LogP contribution in [0.15, 0.2) is 41.1 Å². The van der Waals surface area contributed by atoms with Crippen LogP contribution in [0.5, 0.6) is 0 Å². The molecule has 0 aliphatic carbocycles. The first kappa shape index (κ1) is 21.7. The van der Waals surface area contributed by atoms with Crippen molar-refractivity contribution in [3.05, 3.63) is 59.4 Å². The molecule has 0 fully saturated rings. The van der Waals surface area contributed by atoms with Crippen LogP contribution in [0.4, 0.5) is 5.82 Å². The van der Waals surface area contributed by atoms with E-state index in [-0.39, 0.29) is 17.2 Å². The summed E-state index contributed by atoms with van der Waals surface area (Å²) in [5.41, 5.74) is 2.56. The second kappa shape index (κ2) is 9.24. The lowest BCUT2D eigenvalue weighted by atomic mass is 9.87. The van der Waals surface area contributed by atoms with Crippen LogP contribution in [0.3, 0.4) is 0 Å². The number of benzene rings is 1. The van der Waals surface area contributed by atoms with Gasteiger partial charge in [0.2, 0.25) is 11.8 Å². The summed E-state index contributed by atoms with van der Waals surface area (Å²) < 4.78 is 7.02. The molecular formula is C23H31N5O2. The van der Waals surface area contributed by atoms with Gasteiger partial charge in [-0.1, -0.05) is 64.0 Å². The number of rotatable bonds is 8. The smallest absolute Gasteiger partial charge is 0.226 e. The van der Waals surface area contributed by atoms with Crippen molar-refractivity contribution in [2.45, 2.75) is 71.8 Å². The molecule has 3 rings (SSSR count). The highest BCUT2D eigenvalue weighted by Gasteiger charge is 2.14. The number of nitrogens with zero attached hydrogens (tertiary/aromatic N) is 4. The highest BCUT2D eigenvalue weighted by Crippen LogP contribution is 2.22. The van der Waals surface area contributed by atoms with Crippen LogP contribution in [0.2, 0.25) is 0 Å². The predicted octanol–water partition coefficient (Wildman–Crippen LogP) is 4.70. The van der Waals surface area contributed by atoms with Crippen molar-refractivity contribution in [1.29, 1.82) is 0 Å². The maximum Gasteiger partial charge on any atom is 0.226 e. The largest absolute Gasteiger partial charge is 0.339 e. The number of aromatic nitrogens is 4. The molecule has 160 valence electrons. The van der Waals surface area contributed by atoms with Crippen molar-refractivity contribution < 1.29 is 9.32 Å². The number of hydrogen-bond donors (Lipinski definition) is 1. The standard InChI is InChI=1S/C23H31N5O2/c1-16(2)22-26-21(30-27-22)8-6-7-20(29)25-19-13-14-24-28(19)15-17-9-11-18(12-10-17)23(3,4)5/h9-14,16H,6-8,15H2,1-5H3,(H,25,29). The Kier molecular flexibility index (Phi) is 6.70. The first-order valence-electron chi connectivity index (χ1n) is 10.5. The Balaban J connectivity index is 1.51. The van der Waals surface area contributed by atoms with Gasteiger partial charge < -0.3 is 9.84 Å². The number of nitrogens with one attached hydrogen (secondary N) is 1. The van der Waals surface area contributed by atoms with Crippen LogP contribution in [0, 0.1) is 0 Å². The van der Waals surface area contributed by atoms with Crippen molar-refractivity contribution in [1.82, 2.24) is 19.9 Å². The zero-order chi connectivity index (χ0) is 21.7. The predicted molar refractivity (Wildman–Crippen MR) is 116 cm³/mol. The molecule has 7 heteroatoms. The fraction of sp³-hybridized carbons (Fsp3) is 0.478. The summed E-state index contributed by atoms with van der Waals surface area (Å²) in [5.74, 6) is 2.16. The summed E-state index contributed by atoms with van der Waals surface area (Å²) in [7, 11) is 0. The SMILES string of the molecule is CC(C)c1noc(CCCC(=O)Nc2ccnn2Cc2ccc(C(C)(C)C)cc2)n1. The lowest BCUT2D eigenvalue weighted by molar-refractivity contribution is -0.116. The minimum atomic E-state index is -0.0524. The summed E-state index contributed by atoms with van der Waals surface area (Å²) in [4.78, 5) is 16.7. The Hall–Kier alpha value is -2.96. The van der Waals surface area contributed by atoms with Gasteiger partial charge >= 0.3 is 0 Å². The third-order valence-electron chi connectivity index (χ3n) is 4.93. The van der Waals surface area contributed by atoms with Gasteiger partial charge in [-0.15, -0.1) is 0 Å². The number of carbonyl (C=O) groups excluding carboxylic acids is 1. The molecule has 1 N–H and O–H groups in total. The highest BCUT2D eigenvalue weighted by atomic mass is 16.5. The number of carbonyl (C=O) groups is 1. The van der Waals surface area contributed by atoms with Gasteiger partial charge in [-0.25, -0.2) is 4.68 Å². The molecule has 0 spiro atoms. The Morgan fingerprint density at radius 3 is 2.53 bits per heavy atom. The average molecular weight is 410 g/mol. The maximum absolute atomic E-state index is 12.4. The Morgan fingerprint density at radius 1 is 1.17 bits per heavy atom. The molecule has 0 bridgehead atoms. The molecule has 0 saturated carbocycles. The molecule has 0 aliphatic heterocycles. The summed E-state index contributed by atoms with van der Waals surface area (Å²) >= 11 is 0. The van der Waals surface area contributed by atoms with E-state index in [1.165, 1.54) is 5.56 Å². The zero-order valence-corrected chi connectivity index (χ0v) is 18.5. The summed E-state index contributed by atoms with van der Waals surface area (Å²) in [5, 5.41) is 11.2. The Labute approximate surface area is 177 Å². The molecule has 0 saturated heterocycles. The van der Waals surface area contributed by atoms with E-state index in [0.717, 1.165) is 5.56 Å². The van der Waals surface area contributed by atoms with Crippen molar-refractivity contribution in [3.8, 4) is 0 Å². The maximum atomic E-state index is 12.4. The molecule has 2 heterocycles. The number of aryl methyl sites for hydroxylation is 1. The van der Waals surface area contributed by atoms with Crippen molar-refractivity contribution in [2.24, 2.45) is 0 Å². The number of hydrogen-bond acceptors (Lipinski definition) is 5. The van der Waals surface area contributed by atoms with E-state index in [9.17, 15) is 4.79 Å². The second-order valence-corrected chi connectivity index (χ2v) is 8.92. The van der Waals surface area contributed by atoms with Crippen molar-refractivity contribution in [3.63, 3.8) is 0 Å². The number of amides is 1. The zero-order valence-electron chi connectivity index (χ0n) is 18.5. The van der Waals surface area contributed by atoms with E-state index < -0.39 is 0 Å². The summed E-state index contributed by atoms with van der Waals surface area (Å²) in [6.45, 7) is 11.2. The lowest BCUT2D eigenvalue weighted by Crippen LogP contribution is -2.16. The van der Waals surface area contributed by atoms with Crippen molar-refractivity contribution in [2.75, 3.05) is 5.32 Å². The van der Waals surface area contributed by atoms with Crippen LogP contribution in [0.1, 0.15) is 76.2 Å². The van der Waals surface area contributed by atoms with Crippen LogP contribution in [-0.2, 0) is 23.2 Å². The second-order valence-electron chi connectivity index (χ2n) is 8.92. The minimum absolute atomic E-state index is 0.0524. The molecule has 0 atom stereocenters. The minimum Gasteiger partial charge on any atom is -0.339 e. The van der Waals surface area contributed by atoms with Crippen LogP contribution in [0.25, 0.3) is 0 Å². The molecule has 1 amide bonds. The molecule has 7 nitrogen and oxygen atoms in total. The van der Waals surface area contributed by atoms with Gasteiger partial charge in [0.25, 0.3) is 0 Å². The third-order valence-corrected chi connectivity index (χ3v) is 4.93.